The zero-order valence-corrected chi connectivity index (χ0v) is 26.2. The summed E-state index contributed by atoms with van der Waals surface area (Å²) >= 11 is 1.88. The second kappa shape index (κ2) is 10.9. The topological polar surface area (TPSA) is 0 Å². The first-order chi connectivity index (χ1) is 22.7. The molecule has 0 aliphatic carbocycles. The van der Waals surface area contributed by atoms with Crippen LogP contribution in [0.25, 0.3) is 77.9 Å². The molecule has 0 spiro atoms. The molecular weight excluding hydrogens is 573 g/mol. The lowest BCUT2D eigenvalue weighted by molar-refractivity contribution is 1.39. The van der Waals surface area contributed by atoms with Gasteiger partial charge in [0.1, 0.15) is 0 Å². The van der Waals surface area contributed by atoms with Crippen LogP contribution in [0, 0.1) is 0 Å². The predicted molar refractivity (Wildman–Crippen MR) is 200 cm³/mol. The molecule has 1 aliphatic rings. The number of fused-ring (bicyclic) bond motifs is 4. The van der Waals surface area contributed by atoms with Gasteiger partial charge in [-0.25, -0.2) is 0 Å². The summed E-state index contributed by atoms with van der Waals surface area (Å²) in [6.07, 6.45) is 4.62. The molecule has 9 rings (SSSR count). The van der Waals surface area contributed by atoms with E-state index in [2.05, 4.69) is 164 Å². The number of allylic oxidation sites excluding steroid dienone is 1. The minimum Gasteiger partial charge on any atom is -0.121 e. The average Bonchev–Trinajstić information content (AvgIpc) is 3.11. The van der Waals surface area contributed by atoms with E-state index in [1.54, 1.807) is 0 Å². The number of hydrogen-bond acceptors (Lipinski definition) is 1. The molecule has 0 nitrogen and oxygen atoms in total. The third kappa shape index (κ3) is 4.39. The van der Waals surface area contributed by atoms with Crippen molar-refractivity contribution in [3.63, 3.8) is 0 Å². The van der Waals surface area contributed by atoms with Gasteiger partial charge >= 0.3 is 0 Å². The van der Waals surface area contributed by atoms with Crippen molar-refractivity contribution >= 4 is 56.2 Å². The summed E-state index contributed by atoms with van der Waals surface area (Å²) in [5, 5.41) is 10.1. The van der Waals surface area contributed by atoms with Crippen LogP contribution in [-0.4, -0.2) is 5.75 Å². The van der Waals surface area contributed by atoms with Gasteiger partial charge in [0.2, 0.25) is 0 Å². The number of hydrogen-bond donors (Lipinski definition) is 0. The molecule has 0 unspecified atom stereocenters. The highest BCUT2D eigenvalue weighted by Crippen LogP contribution is 2.41. The van der Waals surface area contributed by atoms with E-state index in [0.29, 0.717) is 0 Å². The van der Waals surface area contributed by atoms with Crippen LogP contribution in [-0.2, 0) is 0 Å². The van der Waals surface area contributed by atoms with Crippen LogP contribution in [0.15, 0.2) is 163 Å². The maximum atomic E-state index is 4.68. The minimum atomic E-state index is 0.900. The Bertz CT molecular complexity index is 2570. The lowest BCUT2D eigenvalue weighted by Gasteiger charge is -2.17. The summed E-state index contributed by atoms with van der Waals surface area (Å²) in [6, 6.07) is 53.5. The third-order valence-corrected chi connectivity index (χ3v) is 10.5. The fourth-order valence-corrected chi connectivity index (χ4v) is 8.16. The molecule has 0 radical (unpaired) electrons. The molecule has 0 saturated heterocycles. The van der Waals surface area contributed by atoms with Gasteiger partial charge in [0.05, 0.1) is 0 Å². The molecule has 1 aliphatic heterocycles. The lowest BCUT2D eigenvalue weighted by atomic mass is 9.87. The fourth-order valence-electron chi connectivity index (χ4n) is 7.27. The molecule has 46 heavy (non-hydrogen) atoms. The molecular formula is C45H30S. The van der Waals surface area contributed by atoms with Crippen molar-refractivity contribution in [2.75, 3.05) is 5.75 Å². The summed E-state index contributed by atoms with van der Waals surface area (Å²) < 4.78 is 0. The summed E-state index contributed by atoms with van der Waals surface area (Å²) in [5.74, 6) is 0.900. The molecule has 0 N–H and O–H groups in total. The molecule has 0 saturated carbocycles. The van der Waals surface area contributed by atoms with Crippen molar-refractivity contribution in [2.45, 2.75) is 4.90 Å². The number of rotatable bonds is 3. The van der Waals surface area contributed by atoms with Crippen molar-refractivity contribution in [3.05, 3.63) is 174 Å². The Balaban J connectivity index is 1.35. The first-order valence-electron chi connectivity index (χ1n) is 15.8. The molecule has 1 heterocycles. The standard InChI is InChI=1S/C45H30S/c1-29-37-15-8-16-38(29)41-14-5-6-18-43(41)46-25-9-17-39(37)35-26-34(30-10-3-2-4-11-30)27-36(28-35)40-23-21-33-20-19-31-12-7-13-32-22-24-42(40)45(33)44(31)32/h2-24,26-28H,1,25H2/b17-9-,39-37+. The normalized spacial score (nSPS) is 14.9. The van der Waals surface area contributed by atoms with Crippen LogP contribution in [0.4, 0.5) is 0 Å². The van der Waals surface area contributed by atoms with Crippen molar-refractivity contribution < 1.29 is 0 Å². The van der Waals surface area contributed by atoms with Crippen LogP contribution in [0.3, 0.4) is 0 Å². The minimum absolute atomic E-state index is 0.900. The molecule has 1 heteroatoms. The van der Waals surface area contributed by atoms with Crippen LogP contribution in [0.5, 0.6) is 0 Å². The van der Waals surface area contributed by atoms with E-state index in [-0.39, 0.29) is 0 Å². The van der Waals surface area contributed by atoms with E-state index in [9.17, 15) is 0 Å². The van der Waals surface area contributed by atoms with Gasteiger partial charge < -0.3 is 0 Å². The van der Waals surface area contributed by atoms with E-state index in [1.807, 2.05) is 11.8 Å². The Morgan fingerprint density at radius 2 is 1.15 bits per heavy atom. The second-order valence-corrected chi connectivity index (χ2v) is 13.2. The molecule has 2 bridgehead atoms. The van der Waals surface area contributed by atoms with E-state index in [0.717, 1.165) is 11.0 Å². The van der Waals surface area contributed by atoms with E-state index in [4.69, 9.17) is 0 Å². The van der Waals surface area contributed by atoms with Gasteiger partial charge in [0.15, 0.2) is 0 Å². The van der Waals surface area contributed by atoms with Gasteiger partial charge in [-0.15, -0.1) is 11.8 Å². The average molecular weight is 603 g/mol. The zero-order valence-electron chi connectivity index (χ0n) is 25.3. The van der Waals surface area contributed by atoms with E-state index in [1.165, 1.54) is 86.9 Å². The molecule has 8 aromatic rings. The maximum absolute atomic E-state index is 4.68. The van der Waals surface area contributed by atoms with Gasteiger partial charge in [-0.05, 0) is 112 Å². The highest BCUT2D eigenvalue weighted by Gasteiger charge is 2.16. The molecule has 0 atom stereocenters. The Morgan fingerprint density at radius 3 is 2.02 bits per heavy atom. The fraction of sp³-hybridized carbons (Fsp3) is 0.0222. The molecule has 8 aromatic carbocycles. The Morgan fingerprint density at radius 1 is 0.478 bits per heavy atom. The van der Waals surface area contributed by atoms with Crippen LogP contribution in [0.1, 0.15) is 5.56 Å². The van der Waals surface area contributed by atoms with Gasteiger partial charge in [-0.1, -0.05) is 140 Å². The quantitative estimate of drug-likeness (QED) is 0.181. The third-order valence-electron chi connectivity index (χ3n) is 9.45. The number of benzene rings is 8. The smallest absolute Gasteiger partial charge is 0.0164 e. The van der Waals surface area contributed by atoms with Crippen LogP contribution < -0.4 is 10.4 Å². The van der Waals surface area contributed by atoms with Crippen molar-refractivity contribution in [2.24, 2.45) is 0 Å². The summed E-state index contributed by atoms with van der Waals surface area (Å²) in [7, 11) is 0. The van der Waals surface area contributed by atoms with E-state index < -0.39 is 0 Å². The Hall–Kier alpha value is -5.37. The van der Waals surface area contributed by atoms with Crippen molar-refractivity contribution in [3.8, 4) is 33.4 Å². The maximum Gasteiger partial charge on any atom is 0.0164 e. The molecule has 0 amide bonds. The molecule has 0 fully saturated rings. The summed E-state index contributed by atoms with van der Waals surface area (Å²) in [4.78, 5) is 1.29. The monoisotopic (exact) mass is 602 g/mol. The van der Waals surface area contributed by atoms with Gasteiger partial charge in [0, 0.05) is 10.6 Å². The first kappa shape index (κ1) is 27.0. The van der Waals surface area contributed by atoms with Crippen LogP contribution in [0.2, 0.25) is 0 Å². The Kier molecular flexibility index (Phi) is 6.40. The summed E-state index contributed by atoms with van der Waals surface area (Å²) in [5.41, 5.74) is 9.72. The number of thioether (sulfide) groups is 1. The zero-order chi connectivity index (χ0) is 30.6. The second-order valence-electron chi connectivity index (χ2n) is 12.1. The SMILES string of the molecule is C=c1c2ccc/c1=C(c1cc(-c3ccccc3)cc(-c3ccc4ccc5cccc6ccc3c4c56)c1)/C=C\CSc1ccccc1-2. The van der Waals surface area contributed by atoms with Gasteiger partial charge in [-0.3, -0.25) is 0 Å². The highest BCUT2D eigenvalue weighted by molar-refractivity contribution is 7.99. The highest BCUT2D eigenvalue weighted by atomic mass is 32.2. The van der Waals surface area contributed by atoms with Crippen molar-refractivity contribution in [1.82, 2.24) is 0 Å². The lowest BCUT2D eigenvalue weighted by Crippen LogP contribution is -2.28. The largest absolute Gasteiger partial charge is 0.121 e. The predicted octanol–water partition coefficient (Wildman–Crippen LogP) is 10.9. The van der Waals surface area contributed by atoms with Crippen LogP contribution >= 0.6 is 11.8 Å². The van der Waals surface area contributed by atoms with Gasteiger partial charge in [-0.2, -0.15) is 0 Å². The van der Waals surface area contributed by atoms with E-state index >= 15 is 0 Å². The first-order valence-corrected chi connectivity index (χ1v) is 16.8. The summed E-state index contributed by atoms with van der Waals surface area (Å²) in [6.45, 7) is 4.68. The molecule has 216 valence electrons. The molecule has 0 aromatic heterocycles. The van der Waals surface area contributed by atoms with Crippen molar-refractivity contribution in [1.29, 1.82) is 0 Å². The van der Waals surface area contributed by atoms with Gasteiger partial charge in [0.25, 0.3) is 0 Å². The Labute approximate surface area is 273 Å².